The molecule has 0 unspecified atom stereocenters. The van der Waals surface area contributed by atoms with E-state index in [0.717, 1.165) is 0 Å². The molecule has 51 valence electrons. The van der Waals surface area contributed by atoms with Gasteiger partial charge in [-0.15, -0.1) is 12.4 Å². The first-order valence-electron chi connectivity index (χ1n) is 2.72. The minimum absolute atomic E-state index is 0. The molecule has 9 heavy (non-hydrogen) atoms. The fourth-order valence-electron chi connectivity index (χ4n) is 0.531. The number of hydrogen-bond acceptors (Lipinski definition) is 1. The first kappa shape index (κ1) is 8.87. The molecule has 0 aromatic carbocycles. The number of hydrogen-bond donors (Lipinski definition) is 0. The molecule has 2 nitrogen and oxygen atoms in total. The van der Waals surface area contributed by atoms with Crippen LogP contribution in [0.3, 0.4) is 0 Å². The van der Waals surface area contributed by atoms with Gasteiger partial charge in [0.25, 0.3) is 0 Å². The molecule has 1 aromatic heterocycles. The summed E-state index contributed by atoms with van der Waals surface area (Å²) >= 11 is 0. The van der Waals surface area contributed by atoms with Crippen LogP contribution >= 0.6 is 0 Å². The molecule has 0 aliphatic rings. The first-order chi connectivity index (χ1) is 3.80. The zero-order chi connectivity index (χ0) is 5.98. The zero-order valence-electron chi connectivity index (χ0n) is 5.50. The Morgan fingerprint density at radius 3 is 2.44 bits per heavy atom. The first-order valence-corrected chi connectivity index (χ1v) is 2.72. The molecule has 1 rings (SSSR count). The molecule has 0 saturated carbocycles. The van der Waals surface area contributed by atoms with Gasteiger partial charge in [-0.25, -0.2) is 0 Å². The minimum atomic E-state index is 0. The van der Waals surface area contributed by atoms with Crippen LogP contribution in [0, 0.1) is 6.20 Å². The van der Waals surface area contributed by atoms with Crippen LogP contribution in [0.15, 0.2) is 12.3 Å². The van der Waals surface area contributed by atoms with Crippen LogP contribution in [-0.4, -0.2) is 9.78 Å². The van der Waals surface area contributed by atoms with Crippen LogP contribution in [0.1, 0.15) is 19.9 Å². The van der Waals surface area contributed by atoms with Gasteiger partial charge in [-0.2, -0.15) is 6.07 Å². The average molecular weight is 295 g/mol. The van der Waals surface area contributed by atoms with Gasteiger partial charge in [0, 0.05) is 26.5 Å². The summed E-state index contributed by atoms with van der Waals surface area (Å²) in [5, 5.41) is 3.98. The standard InChI is InChI=1S/C6H9N2.Re/c1-6(2)8-5-3-4-7-8;/h3-4,6H,1-2H3;/q-1;. The molecule has 0 aliphatic carbocycles. The van der Waals surface area contributed by atoms with Gasteiger partial charge < -0.3 is 4.68 Å². The predicted octanol–water partition coefficient (Wildman–Crippen LogP) is 1.26. The van der Waals surface area contributed by atoms with Crippen molar-refractivity contribution in [2.75, 3.05) is 0 Å². The van der Waals surface area contributed by atoms with E-state index < -0.39 is 0 Å². The molecule has 0 atom stereocenters. The molecule has 0 N–H and O–H groups in total. The predicted molar refractivity (Wildman–Crippen MR) is 31.4 cm³/mol. The van der Waals surface area contributed by atoms with Crippen molar-refractivity contribution in [1.29, 1.82) is 0 Å². The Kier molecular flexibility index (Phi) is 3.76. The van der Waals surface area contributed by atoms with Crippen LogP contribution in [0.4, 0.5) is 0 Å². The molecule has 0 saturated heterocycles. The van der Waals surface area contributed by atoms with Crippen molar-refractivity contribution in [3.05, 3.63) is 18.5 Å². The van der Waals surface area contributed by atoms with Crippen molar-refractivity contribution in [1.82, 2.24) is 9.78 Å². The third kappa shape index (κ3) is 2.30. The van der Waals surface area contributed by atoms with E-state index in [1.54, 1.807) is 16.9 Å². The summed E-state index contributed by atoms with van der Waals surface area (Å²) in [6, 6.07) is 2.24. The SMILES string of the molecule is CC(C)n1[c-]ccn1.[Re]. The second-order valence-corrected chi connectivity index (χ2v) is 2.00. The van der Waals surface area contributed by atoms with Gasteiger partial charge in [-0.1, -0.05) is 0 Å². The van der Waals surface area contributed by atoms with E-state index in [4.69, 9.17) is 0 Å². The van der Waals surface area contributed by atoms with Gasteiger partial charge in [-0.3, -0.25) is 5.10 Å². The fraction of sp³-hybridized carbons (Fsp3) is 0.500. The topological polar surface area (TPSA) is 17.8 Å². The molecule has 1 radical (unpaired) electrons. The summed E-state index contributed by atoms with van der Waals surface area (Å²) in [7, 11) is 0. The van der Waals surface area contributed by atoms with Gasteiger partial charge in [-0.05, 0) is 13.8 Å². The molecule has 0 bridgehead atoms. The zero-order valence-corrected chi connectivity index (χ0v) is 8.22. The molecular formula is C6H9N2Re-. The molecule has 1 heterocycles. The van der Waals surface area contributed by atoms with Gasteiger partial charge in [0.15, 0.2) is 0 Å². The largest absolute Gasteiger partial charge is 0.374 e. The quantitative estimate of drug-likeness (QED) is 0.713. The Hall–Kier alpha value is -0.128. The maximum atomic E-state index is 3.98. The van der Waals surface area contributed by atoms with E-state index in [-0.39, 0.29) is 20.4 Å². The van der Waals surface area contributed by atoms with Crippen molar-refractivity contribution in [3.63, 3.8) is 0 Å². The Morgan fingerprint density at radius 1 is 1.56 bits per heavy atom. The molecule has 3 heteroatoms. The summed E-state index contributed by atoms with van der Waals surface area (Å²) in [6.07, 6.45) is 4.68. The van der Waals surface area contributed by atoms with Gasteiger partial charge in [0.1, 0.15) is 0 Å². The van der Waals surface area contributed by atoms with Crippen LogP contribution in [-0.2, 0) is 20.4 Å². The fourth-order valence-corrected chi connectivity index (χ4v) is 0.531. The molecule has 0 fully saturated rings. The molecule has 0 aliphatic heterocycles. The van der Waals surface area contributed by atoms with Crippen molar-refractivity contribution in [3.8, 4) is 0 Å². The molecule has 1 aromatic rings. The Bertz CT molecular complexity index is 146. The third-order valence-corrected chi connectivity index (χ3v) is 0.962. The van der Waals surface area contributed by atoms with E-state index in [2.05, 4.69) is 25.1 Å². The summed E-state index contributed by atoms with van der Waals surface area (Å²) in [5.74, 6) is 0. The van der Waals surface area contributed by atoms with Crippen LogP contribution in [0.2, 0.25) is 0 Å². The Balaban J connectivity index is 0.000000640. The third-order valence-electron chi connectivity index (χ3n) is 0.962. The molecule has 0 spiro atoms. The maximum absolute atomic E-state index is 3.98. The average Bonchev–Trinajstić information content (AvgIpc) is 2.12. The maximum Gasteiger partial charge on any atom is 0.0245 e. The van der Waals surface area contributed by atoms with Crippen LogP contribution in [0.25, 0.3) is 0 Å². The Labute approximate surface area is 68.9 Å². The summed E-state index contributed by atoms with van der Waals surface area (Å²) in [6.45, 7) is 4.15. The van der Waals surface area contributed by atoms with E-state index in [1.165, 1.54) is 0 Å². The van der Waals surface area contributed by atoms with Gasteiger partial charge >= 0.3 is 0 Å². The van der Waals surface area contributed by atoms with Gasteiger partial charge in [0.05, 0.1) is 0 Å². The number of rotatable bonds is 1. The minimum Gasteiger partial charge on any atom is -0.374 e. The summed E-state index contributed by atoms with van der Waals surface area (Å²) in [5.41, 5.74) is 0. The monoisotopic (exact) mass is 296 g/mol. The molecule has 0 amide bonds. The molecular weight excluding hydrogens is 286 g/mol. The van der Waals surface area contributed by atoms with E-state index >= 15 is 0 Å². The van der Waals surface area contributed by atoms with E-state index in [1.807, 2.05) is 0 Å². The van der Waals surface area contributed by atoms with Crippen LogP contribution in [0.5, 0.6) is 0 Å². The van der Waals surface area contributed by atoms with Crippen molar-refractivity contribution in [2.24, 2.45) is 0 Å². The van der Waals surface area contributed by atoms with Crippen molar-refractivity contribution < 1.29 is 20.4 Å². The smallest absolute Gasteiger partial charge is 0.0245 e. The van der Waals surface area contributed by atoms with E-state index in [0.29, 0.717) is 6.04 Å². The normalized spacial score (nSPS) is 9.22. The summed E-state index contributed by atoms with van der Waals surface area (Å²) < 4.78 is 1.79. The number of aromatic nitrogens is 2. The van der Waals surface area contributed by atoms with Crippen molar-refractivity contribution >= 4 is 0 Å². The Morgan fingerprint density at radius 2 is 2.22 bits per heavy atom. The van der Waals surface area contributed by atoms with Crippen molar-refractivity contribution in [2.45, 2.75) is 19.9 Å². The van der Waals surface area contributed by atoms with E-state index in [9.17, 15) is 0 Å². The van der Waals surface area contributed by atoms with Crippen LogP contribution < -0.4 is 0 Å². The second kappa shape index (κ2) is 3.81. The second-order valence-electron chi connectivity index (χ2n) is 2.00. The number of nitrogens with zero attached hydrogens (tertiary/aromatic N) is 2. The van der Waals surface area contributed by atoms with Gasteiger partial charge in [0.2, 0.25) is 0 Å². The summed E-state index contributed by atoms with van der Waals surface area (Å²) in [4.78, 5) is 0.